The Morgan fingerprint density at radius 1 is 1.00 bits per heavy atom. The van der Waals surface area contributed by atoms with E-state index in [0.29, 0.717) is 0 Å². The van der Waals surface area contributed by atoms with E-state index in [9.17, 15) is 4.21 Å². The third kappa shape index (κ3) is 1.97. The lowest BCUT2D eigenvalue weighted by atomic mass is 9.96. The molecule has 1 aliphatic rings. The fourth-order valence-electron chi connectivity index (χ4n) is 2.72. The van der Waals surface area contributed by atoms with E-state index in [-0.39, 0.29) is 11.2 Å². The number of hydrogen-bond donors (Lipinski definition) is 0. The second-order valence-electron chi connectivity index (χ2n) is 5.53. The highest BCUT2D eigenvalue weighted by molar-refractivity contribution is 7.94. The standard InChI is InChI=1S/C17H19NOS/c1-12-8-10-15(11-9-12)20(19)14(3)13(2)16-6-4-5-7-17(16)18-20/h4-11,13-14H,1-3H3/t13-,14+,20?/m1/s1. The molecule has 3 atom stereocenters. The molecule has 3 rings (SSSR count). The first-order chi connectivity index (χ1) is 9.52. The van der Waals surface area contributed by atoms with Gasteiger partial charge in [0.25, 0.3) is 0 Å². The predicted octanol–water partition coefficient (Wildman–Crippen LogP) is 4.66. The fourth-order valence-corrected chi connectivity index (χ4v) is 5.10. The van der Waals surface area contributed by atoms with Crippen LogP contribution in [-0.2, 0) is 9.73 Å². The smallest absolute Gasteiger partial charge is 0.0833 e. The summed E-state index contributed by atoms with van der Waals surface area (Å²) in [5.74, 6) is 0.248. The van der Waals surface area contributed by atoms with Crippen molar-refractivity contribution in [2.75, 3.05) is 0 Å². The van der Waals surface area contributed by atoms with Gasteiger partial charge in [0.1, 0.15) is 0 Å². The van der Waals surface area contributed by atoms with Gasteiger partial charge in [-0.3, -0.25) is 0 Å². The summed E-state index contributed by atoms with van der Waals surface area (Å²) in [6.07, 6.45) is 0. The van der Waals surface area contributed by atoms with E-state index in [2.05, 4.69) is 17.4 Å². The van der Waals surface area contributed by atoms with Crippen LogP contribution in [-0.4, -0.2) is 9.46 Å². The maximum atomic E-state index is 13.5. The number of rotatable bonds is 1. The van der Waals surface area contributed by atoms with E-state index in [4.69, 9.17) is 0 Å². The first-order valence-electron chi connectivity index (χ1n) is 6.94. The zero-order valence-electron chi connectivity index (χ0n) is 12.0. The molecule has 0 radical (unpaired) electrons. The summed E-state index contributed by atoms with van der Waals surface area (Å²) >= 11 is 0. The first-order valence-corrected chi connectivity index (χ1v) is 8.52. The van der Waals surface area contributed by atoms with E-state index in [1.807, 2.05) is 56.3 Å². The average molecular weight is 285 g/mol. The number of hydrogen-bond acceptors (Lipinski definition) is 2. The lowest BCUT2D eigenvalue weighted by Crippen LogP contribution is -2.26. The van der Waals surface area contributed by atoms with Crippen LogP contribution in [0.2, 0.25) is 0 Å². The average Bonchev–Trinajstić information content (AvgIpc) is 2.46. The molecule has 1 heterocycles. The molecule has 0 bridgehead atoms. The summed E-state index contributed by atoms with van der Waals surface area (Å²) in [6.45, 7) is 6.23. The number of benzene rings is 2. The van der Waals surface area contributed by atoms with Crippen LogP contribution >= 0.6 is 0 Å². The molecule has 0 amide bonds. The minimum Gasteiger partial charge on any atom is -0.244 e. The molecule has 0 saturated heterocycles. The van der Waals surface area contributed by atoms with Crippen LogP contribution in [0.15, 0.2) is 57.8 Å². The van der Waals surface area contributed by atoms with Crippen molar-refractivity contribution >= 4 is 15.4 Å². The van der Waals surface area contributed by atoms with E-state index < -0.39 is 9.73 Å². The summed E-state index contributed by atoms with van der Waals surface area (Å²) in [4.78, 5) is 0.844. The van der Waals surface area contributed by atoms with Crippen molar-refractivity contribution in [2.45, 2.75) is 36.8 Å². The Hall–Kier alpha value is -1.61. The lowest BCUT2D eigenvalue weighted by Gasteiger charge is -2.30. The van der Waals surface area contributed by atoms with E-state index >= 15 is 0 Å². The van der Waals surface area contributed by atoms with Gasteiger partial charge >= 0.3 is 0 Å². The van der Waals surface area contributed by atoms with Crippen molar-refractivity contribution in [1.82, 2.24) is 0 Å². The predicted molar refractivity (Wildman–Crippen MR) is 84.0 cm³/mol. The molecule has 0 fully saturated rings. The Bertz CT molecular complexity index is 755. The van der Waals surface area contributed by atoms with Crippen LogP contribution in [0, 0.1) is 6.92 Å². The number of aryl methyl sites for hydroxylation is 1. The van der Waals surface area contributed by atoms with E-state index in [1.165, 1.54) is 11.1 Å². The molecule has 1 aliphatic heterocycles. The van der Waals surface area contributed by atoms with Gasteiger partial charge in [-0.2, -0.15) is 4.36 Å². The summed E-state index contributed by atoms with van der Waals surface area (Å²) in [7, 11) is -2.40. The van der Waals surface area contributed by atoms with Crippen molar-refractivity contribution in [2.24, 2.45) is 4.36 Å². The van der Waals surface area contributed by atoms with Crippen LogP contribution in [0.25, 0.3) is 0 Å². The monoisotopic (exact) mass is 285 g/mol. The van der Waals surface area contributed by atoms with Gasteiger partial charge in [0.15, 0.2) is 0 Å². The van der Waals surface area contributed by atoms with Crippen molar-refractivity contribution in [1.29, 1.82) is 0 Å². The lowest BCUT2D eigenvalue weighted by molar-refractivity contribution is 0.640. The third-order valence-corrected chi connectivity index (χ3v) is 7.06. The normalized spacial score (nSPS) is 28.6. The molecule has 0 N–H and O–H groups in total. The molecule has 104 valence electrons. The van der Waals surface area contributed by atoms with Gasteiger partial charge in [-0.1, -0.05) is 42.8 Å². The highest BCUT2D eigenvalue weighted by Crippen LogP contribution is 2.41. The summed E-state index contributed by atoms with van der Waals surface area (Å²) < 4.78 is 18.1. The number of nitrogens with zero attached hydrogens (tertiary/aromatic N) is 1. The summed E-state index contributed by atoms with van der Waals surface area (Å²) in [6, 6.07) is 16.0. The van der Waals surface area contributed by atoms with Gasteiger partial charge in [-0.25, -0.2) is 4.21 Å². The Morgan fingerprint density at radius 3 is 2.35 bits per heavy atom. The van der Waals surface area contributed by atoms with Crippen LogP contribution < -0.4 is 0 Å². The van der Waals surface area contributed by atoms with E-state index in [0.717, 1.165) is 10.6 Å². The SMILES string of the molecule is Cc1ccc(S2(=O)=Nc3ccccc3[C@H](C)[C@@H]2C)cc1. The molecule has 0 aliphatic carbocycles. The molecule has 2 nitrogen and oxygen atoms in total. The second-order valence-corrected chi connectivity index (χ2v) is 8.06. The zero-order chi connectivity index (χ0) is 14.3. The summed E-state index contributed by atoms with van der Waals surface area (Å²) in [5.41, 5.74) is 3.25. The molecule has 0 spiro atoms. The largest absolute Gasteiger partial charge is 0.244 e. The van der Waals surface area contributed by atoms with Crippen LogP contribution in [0.1, 0.15) is 30.9 Å². The summed E-state index contributed by atoms with van der Waals surface area (Å²) in [5, 5.41) is 0.0140. The molecule has 3 heteroatoms. The topological polar surface area (TPSA) is 29.4 Å². The van der Waals surface area contributed by atoms with Gasteiger partial charge < -0.3 is 0 Å². The maximum absolute atomic E-state index is 13.5. The Kier molecular flexibility index (Phi) is 3.17. The minimum absolute atomic E-state index is 0.0140. The minimum atomic E-state index is -2.40. The van der Waals surface area contributed by atoms with Gasteiger partial charge in [0, 0.05) is 4.90 Å². The first kappa shape index (κ1) is 13.4. The molecule has 0 saturated carbocycles. The van der Waals surface area contributed by atoms with Gasteiger partial charge in [-0.05, 0) is 43.5 Å². The van der Waals surface area contributed by atoms with Crippen molar-refractivity contribution < 1.29 is 4.21 Å². The highest BCUT2D eigenvalue weighted by atomic mass is 32.2. The number of fused-ring (bicyclic) bond motifs is 1. The van der Waals surface area contributed by atoms with Gasteiger partial charge in [0.05, 0.1) is 20.7 Å². The molecule has 2 aromatic carbocycles. The Labute approximate surface area is 121 Å². The van der Waals surface area contributed by atoms with Gasteiger partial charge in [0.2, 0.25) is 0 Å². The van der Waals surface area contributed by atoms with Crippen LogP contribution in [0.4, 0.5) is 5.69 Å². The van der Waals surface area contributed by atoms with Gasteiger partial charge in [-0.15, -0.1) is 0 Å². The van der Waals surface area contributed by atoms with Crippen molar-refractivity contribution in [3.05, 3.63) is 59.7 Å². The third-order valence-electron chi connectivity index (χ3n) is 4.23. The maximum Gasteiger partial charge on any atom is 0.0833 e. The van der Waals surface area contributed by atoms with Crippen molar-refractivity contribution in [3.63, 3.8) is 0 Å². The van der Waals surface area contributed by atoms with Crippen LogP contribution in [0.3, 0.4) is 0 Å². The van der Waals surface area contributed by atoms with Crippen molar-refractivity contribution in [3.8, 4) is 0 Å². The fraction of sp³-hybridized carbons (Fsp3) is 0.294. The van der Waals surface area contributed by atoms with E-state index in [1.54, 1.807) is 0 Å². The molecule has 0 aromatic heterocycles. The molecule has 1 unspecified atom stereocenters. The van der Waals surface area contributed by atoms with Crippen LogP contribution in [0.5, 0.6) is 0 Å². The second kappa shape index (κ2) is 4.74. The molecular formula is C17H19NOS. The molecule has 2 aromatic rings. The Morgan fingerprint density at radius 2 is 1.65 bits per heavy atom. The Balaban J connectivity index is 2.25. The highest BCUT2D eigenvalue weighted by Gasteiger charge is 2.32. The zero-order valence-corrected chi connectivity index (χ0v) is 12.9. The molecular weight excluding hydrogens is 266 g/mol. The quantitative estimate of drug-likeness (QED) is 0.749. The molecule has 20 heavy (non-hydrogen) atoms.